The Bertz CT molecular complexity index is 387. The van der Waals surface area contributed by atoms with Crippen molar-refractivity contribution in [2.75, 3.05) is 12.4 Å². The lowest BCUT2D eigenvalue weighted by Crippen LogP contribution is -2.25. The van der Waals surface area contributed by atoms with Gasteiger partial charge in [0.2, 0.25) is 0 Å². The third kappa shape index (κ3) is 3.73. The minimum atomic E-state index is -0.0287. The van der Waals surface area contributed by atoms with Crippen LogP contribution in [0, 0.1) is 13.8 Å². The molecule has 0 aliphatic rings. The topological polar surface area (TPSA) is 46.9 Å². The van der Waals surface area contributed by atoms with E-state index in [1.807, 2.05) is 20.9 Å². The predicted octanol–water partition coefficient (Wildman–Crippen LogP) is 2.18. The van der Waals surface area contributed by atoms with Crippen LogP contribution in [0.5, 0.6) is 0 Å². The highest BCUT2D eigenvalue weighted by Gasteiger charge is 2.16. The van der Waals surface area contributed by atoms with Crippen LogP contribution in [0.2, 0.25) is 0 Å². The van der Waals surface area contributed by atoms with Gasteiger partial charge in [-0.2, -0.15) is 5.10 Å². The Morgan fingerprint density at radius 2 is 2.06 bits per heavy atom. The molecule has 1 amide bonds. The van der Waals surface area contributed by atoms with Crippen LogP contribution in [-0.2, 0) is 7.05 Å². The molecule has 0 aromatic carbocycles. The number of nitrogens with one attached hydrogen (secondary N) is 1. The molecule has 0 spiro atoms. The molecule has 1 heterocycles. The molecular formula is C12H20ClN3O. The van der Waals surface area contributed by atoms with Gasteiger partial charge in [0.1, 0.15) is 0 Å². The normalized spacial score (nSPS) is 10.6. The minimum absolute atomic E-state index is 0.0287. The van der Waals surface area contributed by atoms with Crippen LogP contribution in [0.15, 0.2) is 0 Å². The maximum atomic E-state index is 11.9. The van der Waals surface area contributed by atoms with Gasteiger partial charge >= 0.3 is 0 Å². The highest BCUT2D eigenvalue weighted by molar-refractivity contribution is 6.17. The van der Waals surface area contributed by atoms with E-state index in [2.05, 4.69) is 10.4 Å². The Morgan fingerprint density at radius 1 is 1.35 bits per heavy atom. The fourth-order valence-corrected chi connectivity index (χ4v) is 1.98. The fourth-order valence-electron chi connectivity index (χ4n) is 1.79. The van der Waals surface area contributed by atoms with Crippen LogP contribution in [0.4, 0.5) is 0 Å². The smallest absolute Gasteiger partial charge is 0.255 e. The summed E-state index contributed by atoms with van der Waals surface area (Å²) in [6, 6.07) is 0. The molecule has 0 fully saturated rings. The number of hydrogen-bond donors (Lipinski definition) is 1. The zero-order valence-electron chi connectivity index (χ0n) is 10.7. The van der Waals surface area contributed by atoms with Gasteiger partial charge in [-0.3, -0.25) is 9.48 Å². The van der Waals surface area contributed by atoms with E-state index in [1.54, 1.807) is 4.68 Å². The van der Waals surface area contributed by atoms with Gasteiger partial charge in [-0.15, -0.1) is 11.6 Å². The predicted molar refractivity (Wildman–Crippen MR) is 69.6 cm³/mol. The lowest BCUT2D eigenvalue weighted by molar-refractivity contribution is 0.0951. The van der Waals surface area contributed by atoms with Crippen molar-refractivity contribution in [3.63, 3.8) is 0 Å². The molecule has 0 aliphatic heterocycles. The molecule has 0 bridgehead atoms. The second kappa shape index (κ2) is 6.64. The van der Waals surface area contributed by atoms with Crippen molar-refractivity contribution in [3.05, 3.63) is 17.0 Å². The number of unbranched alkanes of at least 4 members (excludes halogenated alkanes) is 2. The number of aryl methyl sites for hydroxylation is 2. The van der Waals surface area contributed by atoms with E-state index < -0.39 is 0 Å². The molecule has 96 valence electrons. The van der Waals surface area contributed by atoms with Gasteiger partial charge in [-0.05, 0) is 26.7 Å². The second-order valence-electron chi connectivity index (χ2n) is 4.17. The van der Waals surface area contributed by atoms with Gasteiger partial charge in [0.25, 0.3) is 5.91 Å². The number of amides is 1. The number of carbonyl (C=O) groups excluding carboxylic acids is 1. The van der Waals surface area contributed by atoms with Crippen molar-refractivity contribution in [1.82, 2.24) is 15.1 Å². The number of nitrogens with zero attached hydrogens (tertiary/aromatic N) is 2. The van der Waals surface area contributed by atoms with E-state index in [0.717, 1.165) is 30.7 Å². The van der Waals surface area contributed by atoms with Crippen LogP contribution >= 0.6 is 11.6 Å². The summed E-state index contributed by atoms with van der Waals surface area (Å²) in [5.74, 6) is 0.661. The molecule has 0 atom stereocenters. The summed E-state index contributed by atoms with van der Waals surface area (Å²) in [6.07, 6.45) is 3.02. The zero-order valence-corrected chi connectivity index (χ0v) is 11.5. The number of carbonyl (C=O) groups is 1. The summed E-state index contributed by atoms with van der Waals surface area (Å²) in [5, 5.41) is 7.15. The van der Waals surface area contributed by atoms with Gasteiger partial charge in [0, 0.05) is 25.2 Å². The largest absolute Gasteiger partial charge is 0.352 e. The van der Waals surface area contributed by atoms with Gasteiger partial charge < -0.3 is 5.32 Å². The summed E-state index contributed by atoms with van der Waals surface area (Å²) in [6.45, 7) is 4.46. The molecule has 0 saturated carbocycles. The van der Waals surface area contributed by atoms with Crippen molar-refractivity contribution in [2.45, 2.75) is 33.1 Å². The molecule has 4 nitrogen and oxygen atoms in total. The zero-order chi connectivity index (χ0) is 12.8. The fraction of sp³-hybridized carbons (Fsp3) is 0.667. The van der Waals surface area contributed by atoms with Crippen LogP contribution < -0.4 is 5.32 Å². The number of rotatable bonds is 6. The lowest BCUT2D eigenvalue weighted by Gasteiger charge is -2.05. The third-order valence-electron chi connectivity index (χ3n) is 2.83. The Labute approximate surface area is 107 Å². The number of halogens is 1. The molecule has 0 aliphatic carbocycles. The van der Waals surface area contributed by atoms with Crippen molar-refractivity contribution in [3.8, 4) is 0 Å². The molecule has 0 unspecified atom stereocenters. The Hall–Kier alpha value is -1.03. The summed E-state index contributed by atoms with van der Waals surface area (Å²) in [5.41, 5.74) is 2.38. The maximum Gasteiger partial charge on any atom is 0.255 e. The number of aromatic nitrogens is 2. The molecule has 0 saturated heterocycles. The van der Waals surface area contributed by atoms with E-state index in [-0.39, 0.29) is 5.91 Å². The molecule has 17 heavy (non-hydrogen) atoms. The van der Waals surface area contributed by atoms with Gasteiger partial charge in [-0.1, -0.05) is 6.42 Å². The van der Waals surface area contributed by atoms with Crippen molar-refractivity contribution >= 4 is 17.5 Å². The van der Waals surface area contributed by atoms with Crippen molar-refractivity contribution < 1.29 is 4.79 Å². The Morgan fingerprint density at radius 3 is 2.59 bits per heavy atom. The van der Waals surface area contributed by atoms with Crippen LogP contribution in [0.3, 0.4) is 0 Å². The summed E-state index contributed by atoms with van der Waals surface area (Å²) in [4.78, 5) is 11.9. The lowest BCUT2D eigenvalue weighted by atomic mass is 10.2. The molecule has 0 radical (unpaired) electrons. The van der Waals surface area contributed by atoms with E-state index in [4.69, 9.17) is 11.6 Å². The third-order valence-corrected chi connectivity index (χ3v) is 3.10. The standard InChI is InChI=1S/C12H20ClN3O/c1-9-11(10(2)16(3)15-9)12(17)14-8-6-4-5-7-13/h4-8H2,1-3H3,(H,14,17). The molecule has 1 rings (SSSR count). The molecule has 5 heteroatoms. The van der Waals surface area contributed by atoms with E-state index in [0.29, 0.717) is 18.0 Å². The molecular weight excluding hydrogens is 238 g/mol. The average molecular weight is 258 g/mol. The highest BCUT2D eigenvalue weighted by Crippen LogP contribution is 2.11. The summed E-state index contributed by atoms with van der Waals surface area (Å²) in [7, 11) is 1.85. The highest BCUT2D eigenvalue weighted by atomic mass is 35.5. The average Bonchev–Trinajstić information content (AvgIpc) is 2.53. The first-order valence-corrected chi connectivity index (χ1v) is 6.45. The number of hydrogen-bond acceptors (Lipinski definition) is 2. The van der Waals surface area contributed by atoms with E-state index in [9.17, 15) is 4.79 Å². The Balaban J connectivity index is 2.47. The molecule has 1 aromatic rings. The first-order valence-electron chi connectivity index (χ1n) is 5.92. The summed E-state index contributed by atoms with van der Waals surface area (Å²) >= 11 is 5.58. The molecule has 1 aromatic heterocycles. The SMILES string of the molecule is Cc1nn(C)c(C)c1C(=O)NCCCCCCl. The first kappa shape index (κ1) is 14.0. The molecule has 1 N–H and O–H groups in total. The van der Waals surface area contributed by atoms with Crippen LogP contribution in [-0.4, -0.2) is 28.1 Å². The first-order chi connectivity index (χ1) is 8.07. The quantitative estimate of drug-likeness (QED) is 0.627. The van der Waals surface area contributed by atoms with E-state index >= 15 is 0 Å². The number of alkyl halides is 1. The van der Waals surface area contributed by atoms with E-state index in [1.165, 1.54) is 0 Å². The van der Waals surface area contributed by atoms with Gasteiger partial charge in [0.15, 0.2) is 0 Å². The second-order valence-corrected chi connectivity index (χ2v) is 4.55. The van der Waals surface area contributed by atoms with Crippen molar-refractivity contribution in [2.24, 2.45) is 7.05 Å². The van der Waals surface area contributed by atoms with Gasteiger partial charge in [0.05, 0.1) is 11.3 Å². The van der Waals surface area contributed by atoms with Gasteiger partial charge in [-0.25, -0.2) is 0 Å². The van der Waals surface area contributed by atoms with Crippen molar-refractivity contribution in [1.29, 1.82) is 0 Å². The maximum absolute atomic E-state index is 11.9. The monoisotopic (exact) mass is 257 g/mol. The Kier molecular flexibility index (Phi) is 5.48. The minimum Gasteiger partial charge on any atom is -0.352 e. The summed E-state index contributed by atoms with van der Waals surface area (Å²) < 4.78 is 1.73. The van der Waals surface area contributed by atoms with Crippen LogP contribution in [0.1, 0.15) is 41.0 Å². The van der Waals surface area contributed by atoms with Crippen LogP contribution in [0.25, 0.3) is 0 Å².